The Morgan fingerprint density at radius 2 is 2.00 bits per heavy atom. The van der Waals surface area contributed by atoms with Gasteiger partial charge in [-0.25, -0.2) is 4.39 Å². The Morgan fingerprint density at radius 3 is 2.44 bits per heavy atom. The van der Waals surface area contributed by atoms with Crippen molar-refractivity contribution in [3.63, 3.8) is 0 Å². The van der Waals surface area contributed by atoms with E-state index in [0.29, 0.717) is 17.9 Å². The minimum Gasteiger partial charge on any atom is -0.497 e. The third kappa shape index (κ3) is 3.43. The zero-order chi connectivity index (χ0) is 13.7. The smallest absolute Gasteiger partial charge is 0.131 e. The average molecular weight is 255 g/mol. The fourth-order valence-corrected chi connectivity index (χ4v) is 1.99. The van der Waals surface area contributed by atoms with Crippen molar-refractivity contribution in [2.75, 3.05) is 13.7 Å². The van der Waals surface area contributed by atoms with E-state index in [0.717, 1.165) is 0 Å². The number of hydrogen-bond donors (Lipinski definition) is 1. The Bertz CT molecular complexity index is 382. The quantitative estimate of drug-likeness (QED) is 0.850. The van der Waals surface area contributed by atoms with Crippen LogP contribution in [0, 0.1) is 11.7 Å². The molecule has 0 bridgehead atoms. The van der Waals surface area contributed by atoms with Crippen LogP contribution in [-0.2, 0) is 4.74 Å². The molecule has 0 aromatic heterocycles. The molecule has 3 nitrogen and oxygen atoms in total. The number of rotatable bonds is 6. The van der Waals surface area contributed by atoms with Gasteiger partial charge in [-0.15, -0.1) is 0 Å². The van der Waals surface area contributed by atoms with Crippen molar-refractivity contribution >= 4 is 0 Å². The number of hydrogen-bond acceptors (Lipinski definition) is 3. The summed E-state index contributed by atoms with van der Waals surface area (Å²) < 4.78 is 24.5. The lowest BCUT2D eigenvalue weighted by atomic mass is 9.94. The maximum Gasteiger partial charge on any atom is 0.131 e. The second-order valence-electron chi connectivity index (χ2n) is 4.58. The van der Waals surface area contributed by atoms with E-state index in [1.54, 1.807) is 12.1 Å². The third-order valence-electron chi connectivity index (χ3n) is 2.94. The fraction of sp³-hybridized carbons (Fsp3) is 0.571. The lowest BCUT2D eigenvalue weighted by Gasteiger charge is -2.27. The summed E-state index contributed by atoms with van der Waals surface area (Å²) in [5.41, 5.74) is 6.57. The van der Waals surface area contributed by atoms with Crippen LogP contribution in [-0.4, -0.2) is 19.8 Å². The van der Waals surface area contributed by atoms with Crippen molar-refractivity contribution in [3.05, 3.63) is 29.6 Å². The first-order chi connectivity index (χ1) is 8.51. The molecule has 1 aromatic rings. The van der Waals surface area contributed by atoms with Crippen LogP contribution < -0.4 is 10.5 Å². The molecule has 4 heteroatoms. The number of halogens is 1. The van der Waals surface area contributed by atoms with E-state index in [9.17, 15) is 4.39 Å². The van der Waals surface area contributed by atoms with Crippen LogP contribution >= 0.6 is 0 Å². The first kappa shape index (κ1) is 14.9. The van der Waals surface area contributed by atoms with Crippen molar-refractivity contribution in [2.45, 2.75) is 32.9 Å². The highest BCUT2D eigenvalue weighted by atomic mass is 19.1. The lowest BCUT2D eigenvalue weighted by molar-refractivity contribution is 0.0114. The molecule has 2 atom stereocenters. The van der Waals surface area contributed by atoms with E-state index >= 15 is 0 Å². The van der Waals surface area contributed by atoms with Gasteiger partial charge in [0.05, 0.1) is 19.3 Å². The number of ether oxygens (including phenoxy) is 2. The lowest BCUT2D eigenvalue weighted by Crippen LogP contribution is -2.34. The van der Waals surface area contributed by atoms with Gasteiger partial charge in [-0.2, -0.15) is 0 Å². The van der Waals surface area contributed by atoms with Gasteiger partial charge in [0.15, 0.2) is 0 Å². The molecular weight excluding hydrogens is 233 g/mol. The van der Waals surface area contributed by atoms with Gasteiger partial charge >= 0.3 is 0 Å². The van der Waals surface area contributed by atoms with Crippen LogP contribution in [0.15, 0.2) is 18.2 Å². The van der Waals surface area contributed by atoms with Crippen LogP contribution in [0.3, 0.4) is 0 Å². The van der Waals surface area contributed by atoms with Crippen LogP contribution in [0.2, 0.25) is 0 Å². The minimum atomic E-state index is -0.476. The van der Waals surface area contributed by atoms with Crippen molar-refractivity contribution in [2.24, 2.45) is 11.7 Å². The van der Waals surface area contributed by atoms with Gasteiger partial charge < -0.3 is 15.2 Å². The van der Waals surface area contributed by atoms with E-state index < -0.39 is 6.04 Å². The molecule has 18 heavy (non-hydrogen) atoms. The van der Waals surface area contributed by atoms with Crippen LogP contribution in [0.1, 0.15) is 32.4 Å². The highest BCUT2D eigenvalue weighted by Crippen LogP contribution is 2.27. The van der Waals surface area contributed by atoms with E-state index in [4.69, 9.17) is 15.2 Å². The van der Waals surface area contributed by atoms with E-state index in [2.05, 4.69) is 0 Å². The summed E-state index contributed by atoms with van der Waals surface area (Å²) in [7, 11) is 1.51. The molecule has 2 unspecified atom stereocenters. The first-order valence-corrected chi connectivity index (χ1v) is 6.21. The van der Waals surface area contributed by atoms with Crippen molar-refractivity contribution < 1.29 is 13.9 Å². The average Bonchev–Trinajstić information content (AvgIpc) is 2.34. The Morgan fingerprint density at radius 1 is 1.33 bits per heavy atom. The SMILES string of the molecule is CCOC(C(C)C)C(N)c1ccc(OC)cc1F. The molecule has 0 aliphatic heterocycles. The molecular formula is C14H22FNO2. The zero-order valence-corrected chi connectivity index (χ0v) is 11.4. The fourth-order valence-electron chi connectivity index (χ4n) is 1.99. The number of benzene rings is 1. The van der Waals surface area contributed by atoms with Gasteiger partial charge in [-0.3, -0.25) is 0 Å². The van der Waals surface area contributed by atoms with Crippen LogP contribution in [0.4, 0.5) is 4.39 Å². The molecule has 0 heterocycles. The topological polar surface area (TPSA) is 44.5 Å². The molecule has 2 N–H and O–H groups in total. The largest absolute Gasteiger partial charge is 0.497 e. The number of methoxy groups -OCH3 is 1. The molecule has 0 fully saturated rings. The predicted octanol–water partition coefficient (Wildman–Crippen LogP) is 2.90. The molecule has 0 saturated carbocycles. The standard InChI is InChI=1S/C14H22FNO2/c1-5-18-14(9(2)3)13(16)11-7-6-10(17-4)8-12(11)15/h6-9,13-14H,5,16H2,1-4H3. The molecule has 0 aliphatic carbocycles. The summed E-state index contributed by atoms with van der Waals surface area (Å²) in [6.45, 7) is 6.50. The maximum absolute atomic E-state index is 13.9. The van der Waals surface area contributed by atoms with Crippen LogP contribution in [0.5, 0.6) is 5.75 Å². The second kappa shape index (κ2) is 6.71. The third-order valence-corrected chi connectivity index (χ3v) is 2.94. The number of nitrogens with two attached hydrogens (primary N) is 1. The summed E-state index contributed by atoms with van der Waals surface area (Å²) >= 11 is 0. The molecule has 0 radical (unpaired) electrons. The van der Waals surface area contributed by atoms with Gasteiger partial charge in [0.1, 0.15) is 11.6 Å². The molecule has 0 amide bonds. The summed E-state index contributed by atoms with van der Waals surface area (Å²) in [6, 6.07) is 4.24. The van der Waals surface area contributed by atoms with Gasteiger partial charge in [0.2, 0.25) is 0 Å². The zero-order valence-electron chi connectivity index (χ0n) is 11.4. The van der Waals surface area contributed by atoms with Gasteiger partial charge in [-0.05, 0) is 18.9 Å². The summed E-state index contributed by atoms with van der Waals surface area (Å²) in [6.07, 6.45) is -0.196. The van der Waals surface area contributed by atoms with Gasteiger partial charge in [0.25, 0.3) is 0 Å². The summed E-state index contributed by atoms with van der Waals surface area (Å²) in [4.78, 5) is 0. The summed E-state index contributed by atoms with van der Waals surface area (Å²) in [5, 5.41) is 0. The van der Waals surface area contributed by atoms with Crippen molar-refractivity contribution in [3.8, 4) is 5.75 Å². The Balaban J connectivity index is 2.97. The highest BCUT2D eigenvalue weighted by molar-refractivity contribution is 5.31. The maximum atomic E-state index is 13.9. The molecule has 0 spiro atoms. The molecule has 1 rings (SSSR count). The molecule has 0 saturated heterocycles. The molecule has 1 aromatic carbocycles. The molecule has 0 aliphatic rings. The van der Waals surface area contributed by atoms with E-state index in [1.807, 2.05) is 20.8 Å². The summed E-state index contributed by atoms with van der Waals surface area (Å²) in [5.74, 6) is 0.356. The van der Waals surface area contributed by atoms with Gasteiger partial charge in [-0.1, -0.05) is 19.9 Å². The van der Waals surface area contributed by atoms with Gasteiger partial charge in [0, 0.05) is 18.2 Å². The van der Waals surface area contributed by atoms with E-state index in [-0.39, 0.29) is 17.8 Å². The molecule has 102 valence electrons. The Hall–Kier alpha value is -1.13. The Labute approximate surface area is 108 Å². The Kier molecular flexibility index (Phi) is 5.56. The normalized spacial score (nSPS) is 14.6. The second-order valence-corrected chi connectivity index (χ2v) is 4.58. The minimum absolute atomic E-state index is 0.196. The van der Waals surface area contributed by atoms with Crippen LogP contribution in [0.25, 0.3) is 0 Å². The van der Waals surface area contributed by atoms with Crippen molar-refractivity contribution in [1.82, 2.24) is 0 Å². The highest BCUT2D eigenvalue weighted by Gasteiger charge is 2.25. The van der Waals surface area contributed by atoms with E-state index in [1.165, 1.54) is 13.2 Å². The predicted molar refractivity (Wildman–Crippen MR) is 70.1 cm³/mol. The monoisotopic (exact) mass is 255 g/mol. The first-order valence-electron chi connectivity index (χ1n) is 6.21. The van der Waals surface area contributed by atoms with Crippen molar-refractivity contribution in [1.29, 1.82) is 0 Å².